The summed E-state index contributed by atoms with van der Waals surface area (Å²) in [5, 5.41) is 3.60. The third-order valence-electron chi connectivity index (χ3n) is 5.88. The van der Waals surface area contributed by atoms with Gasteiger partial charge in [-0.2, -0.15) is 0 Å². The van der Waals surface area contributed by atoms with Crippen molar-refractivity contribution in [3.05, 3.63) is 35.9 Å². The van der Waals surface area contributed by atoms with Gasteiger partial charge in [-0.3, -0.25) is 4.99 Å². The van der Waals surface area contributed by atoms with Crippen LogP contribution in [-0.2, 0) is 9.47 Å². The summed E-state index contributed by atoms with van der Waals surface area (Å²) in [6.45, 7) is 4.63. The maximum atomic E-state index is 6.12. The van der Waals surface area contributed by atoms with Crippen LogP contribution in [-0.4, -0.2) is 57.9 Å². The summed E-state index contributed by atoms with van der Waals surface area (Å²) in [7, 11) is 4.01. The van der Waals surface area contributed by atoms with Gasteiger partial charge in [-0.15, -0.1) is 0 Å². The third kappa shape index (κ3) is 5.94. The Kier molecular flexibility index (Phi) is 7.96. The van der Waals surface area contributed by atoms with Crippen LogP contribution in [0.5, 0.6) is 0 Å². The molecule has 2 saturated heterocycles. The average molecular weight is 374 g/mol. The van der Waals surface area contributed by atoms with Gasteiger partial charge in [0.15, 0.2) is 5.96 Å². The first-order valence-electron chi connectivity index (χ1n) is 10.4. The first-order valence-corrected chi connectivity index (χ1v) is 10.4. The van der Waals surface area contributed by atoms with E-state index in [9.17, 15) is 0 Å². The predicted octanol–water partition coefficient (Wildman–Crippen LogP) is 3.48. The Morgan fingerprint density at radius 2 is 1.93 bits per heavy atom. The van der Waals surface area contributed by atoms with Gasteiger partial charge in [0.1, 0.15) is 0 Å². The van der Waals surface area contributed by atoms with Gasteiger partial charge in [0.05, 0.1) is 6.10 Å². The summed E-state index contributed by atoms with van der Waals surface area (Å²) in [5.74, 6) is 2.25. The number of rotatable bonds is 6. The van der Waals surface area contributed by atoms with Gasteiger partial charge in [-0.1, -0.05) is 30.3 Å². The lowest BCUT2D eigenvalue weighted by Crippen LogP contribution is -2.43. The molecule has 2 heterocycles. The molecule has 2 aliphatic heterocycles. The van der Waals surface area contributed by atoms with Crippen molar-refractivity contribution >= 4 is 5.96 Å². The number of nitrogens with one attached hydrogen (secondary N) is 1. The van der Waals surface area contributed by atoms with E-state index in [2.05, 4.69) is 52.6 Å². The SMILES string of the molecule is CN=C(NCC1CCCOC1c1ccccc1)N(C)CCC1CCOCC1. The van der Waals surface area contributed by atoms with Gasteiger partial charge in [0.25, 0.3) is 0 Å². The lowest BCUT2D eigenvalue weighted by molar-refractivity contribution is -0.0266. The summed E-state index contributed by atoms with van der Waals surface area (Å²) in [5.41, 5.74) is 1.28. The molecule has 2 fully saturated rings. The summed E-state index contributed by atoms with van der Waals surface area (Å²) >= 11 is 0. The lowest BCUT2D eigenvalue weighted by atomic mass is 9.89. The van der Waals surface area contributed by atoms with Crippen LogP contribution in [0, 0.1) is 11.8 Å². The minimum atomic E-state index is 0.179. The van der Waals surface area contributed by atoms with Crippen molar-refractivity contribution < 1.29 is 9.47 Å². The molecule has 5 nitrogen and oxygen atoms in total. The number of aliphatic imine (C=N–C) groups is 1. The highest BCUT2D eigenvalue weighted by atomic mass is 16.5. The topological polar surface area (TPSA) is 46.1 Å². The molecule has 3 rings (SSSR count). The minimum Gasteiger partial charge on any atom is -0.381 e. The monoisotopic (exact) mass is 373 g/mol. The Bertz CT molecular complexity index is 572. The fraction of sp³-hybridized carbons (Fsp3) is 0.682. The number of ether oxygens (including phenoxy) is 2. The van der Waals surface area contributed by atoms with Crippen molar-refractivity contribution in [2.75, 3.05) is 47.0 Å². The molecule has 0 amide bonds. The molecule has 2 atom stereocenters. The number of guanidine groups is 1. The minimum absolute atomic E-state index is 0.179. The van der Waals surface area contributed by atoms with E-state index in [1.54, 1.807) is 0 Å². The van der Waals surface area contributed by atoms with Gasteiger partial charge in [-0.05, 0) is 43.6 Å². The molecule has 2 unspecified atom stereocenters. The van der Waals surface area contributed by atoms with E-state index in [-0.39, 0.29) is 6.10 Å². The summed E-state index contributed by atoms with van der Waals surface area (Å²) in [6.07, 6.45) is 6.09. The Morgan fingerprint density at radius 3 is 2.67 bits per heavy atom. The van der Waals surface area contributed by atoms with Crippen molar-refractivity contribution in [3.63, 3.8) is 0 Å². The number of hydrogen-bond acceptors (Lipinski definition) is 3. The highest BCUT2D eigenvalue weighted by molar-refractivity contribution is 5.79. The lowest BCUT2D eigenvalue weighted by Gasteiger charge is -2.33. The zero-order valence-electron chi connectivity index (χ0n) is 16.9. The normalized spacial score (nSPS) is 24.6. The number of benzene rings is 1. The van der Waals surface area contributed by atoms with E-state index in [0.717, 1.165) is 51.2 Å². The molecule has 0 bridgehead atoms. The molecule has 0 saturated carbocycles. The highest BCUT2D eigenvalue weighted by Crippen LogP contribution is 2.33. The molecule has 1 aromatic carbocycles. The van der Waals surface area contributed by atoms with Crippen LogP contribution < -0.4 is 5.32 Å². The summed E-state index contributed by atoms with van der Waals surface area (Å²) < 4.78 is 11.6. The van der Waals surface area contributed by atoms with Crippen LogP contribution in [0.15, 0.2) is 35.3 Å². The third-order valence-corrected chi connectivity index (χ3v) is 5.88. The highest BCUT2D eigenvalue weighted by Gasteiger charge is 2.27. The number of nitrogens with zero attached hydrogens (tertiary/aromatic N) is 2. The van der Waals surface area contributed by atoms with Crippen molar-refractivity contribution in [3.8, 4) is 0 Å². The Morgan fingerprint density at radius 1 is 1.15 bits per heavy atom. The van der Waals surface area contributed by atoms with Crippen molar-refractivity contribution in [1.82, 2.24) is 10.2 Å². The fourth-order valence-electron chi connectivity index (χ4n) is 4.19. The van der Waals surface area contributed by atoms with Gasteiger partial charge in [0.2, 0.25) is 0 Å². The van der Waals surface area contributed by atoms with Crippen LogP contribution in [0.25, 0.3) is 0 Å². The van der Waals surface area contributed by atoms with Crippen molar-refractivity contribution in [2.24, 2.45) is 16.8 Å². The predicted molar refractivity (Wildman–Crippen MR) is 110 cm³/mol. The van der Waals surface area contributed by atoms with E-state index in [4.69, 9.17) is 9.47 Å². The van der Waals surface area contributed by atoms with Crippen LogP contribution in [0.2, 0.25) is 0 Å². The molecule has 27 heavy (non-hydrogen) atoms. The summed E-state index contributed by atoms with van der Waals surface area (Å²) in [4.78, 5) is 6.76. The smallest absolute Gasteiger partial charge is 0.193 e. The Hall–Kier alpha value is -1.59. The summed E-state index contributed by atoms with van der Waals surface area (Å²) in [6, 6.07) is 10.6. The van der Waals surface area contributed by atoms with Gasteiger partial charge in [-0.25, -0.2) is 0 Å². The molecule has 150 valence electrons. The second kappa shape index (κ2) is 10.7. The molecule has 5 heteroatoms. The second-order valence-corrected chi connectivity index (χ2v) is 7.80. The maximum Gasteiger partial charge on any atom is 0.193 e. The van der Waals surface area contributed by atoms with Crippen molar-refractivity contribution in [1.29, 1.82) is 0 Å². The molecule has 0 spiro atoms. The molecular weight excluding hydrogens is 338 g/mol. The van der Waals surface area contributed by atoms with Gasteiger partial charge >= 0.3 is 0 Å². The quantitative estimate of drug-likeness (QED) is 0.613. The first kappa shape index (κ1) is 20.2. The molecular formula is C22H35N3O2. The molecule has 1 aromatic rings. The largest absolute Gasteiger partial charge is 0.381 e. The van der Waals surface area contributed by atoms with Gasteiger partial charge < -0.3 is 19.7 Å². The fourth-order valence-corrected chi connectivity index (χ4v) is 4.19. The first-order chi connectivity index (χ1) is 13.3. The molecule has 0 aliphatic carbocycles. The van der Waals surface area contributed by atoms with E-state index in [0.29, 0.717) is 5.92 Å². The zero-order chi connectivity index (χ0) is 18.9. The van der Waals surface area contributed by atoms with Crippen LogP contribution in [0.4, 0.5) is 0 Å². The van der Waals surface area contributed by atoms with Crippen LogP contribution in [0.3, 0.4) is 0 Å². The maximum absolute atomic E-state index is 6.12. The van der Waals surface area contributed by atoms with E-state index >= 15 is 0 Å². The van der Waals surface area contributed by atoms with Crippen LogP contribution in [0.1, 0.15) is 43.8 Å². The molecule has 0 radical (unpaired) electrons. The second-order valence-electron chi connectivity index (χ2n) is 7.80. The van der Waals surface area contributed by atoms with Crippen LogP contribution >= 0.6 is 0 Å². The zero-order valence-corrected chi connectivity index (χ0v) is 16.9. The molecule has 0 aromatic heterocycles. The average Bonchev–Trinajstić information content (AvgIpc) is 2.74. The van der Waals surface area contributed by atoms with E-state index < -0.39 is 0 Å². The van der Waals surface area contributed by atoms with Gasteiger partial charge in [0, 0.05) is 52.9 Å². The van der Waals surface area contributed by atoms with Crippen molar-refractivity contribution in [2.45, 2.75) is 38.2 Å². The molecule has 2 aliphatic rings. The number of hydrogen-bond donors (Lipinski definition) is 1. The molecule has 1 N–H and O–H groups in total. The Balaban J connectivity index is 1.49. The Labute approximate surface area is 164 Å². The standard InChI is InChI=1S/C22H35N3O2/c1-23-22(25(2)13-10-18-11-15-26-16-12-18)24-17-20-9-6-14-27-21(20)19-7-4-3-5-8-19/h3-5,7-8,18,20-21H,6,9-17H2,1-2H3,(H,23,24). The van der Waals surface area contributed by atoms with E-state index in [1.807, 2.05) is 7.05 Å². The van der Waals surface area contributed by atoms with E-state index in [1.165, 1.54) is 31.2 Å².